The Hall–Kier alpha value is -0.265. The van der Waals surface area contributed by atoms with Gasteiger partial charge in [-0.2, -0.15) is 13.1 Å². The third kappa shape index (κ3) is 12.2. The fourth-order valence-corrected chi connectivity index (χ4v) is 3.60. The highest BCUT2D eigenvalue weighted by atomic mass is 35.6. The molecule has 1 atom stereocenters. The number of nitrogens with zero attached hydrogens (tertiary/aromatic N) is 1. The molecule has 0 aromatic carbocycles. The highest BCUT2D eigenvalue weighted by molar-refractivity contribution is 7.84. The van der Waals surface area contributed by atoms with E-state index in [-0.39, 0.29) is 13.1 Å². The molecule has 0 spiro atoms. The summed E-state index contributed by atoms with van der Waals surface area (Å²) in [6.45, 7) is -1.10. The molecule has 0 saturated carbocycles. The van der Waals surface area contributed by atoms with Gasteiger partial charge in [-0.05, 0) is 26.3 Å². The van der Waals surface area contributed by atoms with Gasteiger partial charge >= 0.3 is 29.4 Å². The minimum Gasteiger partial charge on any atom is -0.497 e. The number of halogens is 4. The zero-order valence-electron chi connectivity index (χ0n) is 15.5. The molecule has 29 heavy (non-hydrogen) atoms. The van der Waals surface area contributed by atoms with E-state index in [0.717, 1.165) is 12.8 Å². The van der Waals surface area contributed by atoms with Crippen molar-refractivity contribution in [3.63, 3.8) is 0 Å². The molecule has 0 aromatic rings. The molecule has 166 valence electrons. The zero-order valence-corrected chi connectivity index (χ0v) is 19.3. The average Bonchev–Trinajstić information content (AvgIpc) is 2.56. The Labute approximate surface area is 190 Å². The molecule has 15 heteroatoms. The van der Waals surface area contributed by atoms with E-state index in [1.807, 2.05) is 0 Å². The molecule has 1 fully saturated rings. The molecule has 1 heterocycles. The average molecular weight is 514 g/mol. The SMILES string of the molecule is CN1CC(=O)OB(C(/C=C/CCCCCl)NS(=O)(=O)OCC(Cl)(Cl)Cl)OC(=O)C1. The summed E-state index contributed by atoms with van der Waals surface area (Å²) in [5.41, 5.74) is 0. The summed E-state index contributed by atoms with van der Waals surface area (Å²) in [4.78, 5) is 25.3. The molecule has 1 aliphatic rings. The summed E-state index contributed by atoms with van der Waals surface area (Å²) in [7, 11) is -4.46. The van der Waals surface area contributed by atoms with E-state index in [2.05, 4.69) is 8.91 Å². The Bertz CT molecular complexity index is 670. The molecule has 0 bridgehead atoms. The summed E-state index contributed by atoms with van der Waals surface area (Å²) < 4.78 is 39.3. The Balaban J connectivity index is 2.96. The number of carbonyl (C=O) groups excluding carboxylic acids is 2. The third-order valence-corrected chi connectivity index (χ3v) is 4.93. The minimum atomic E-state index is -4.45. The highest BCUT2D eigenvalue weighted by Gasteiger charge is 2.41. The van der Waals surface area contributed by atoms with Crippen molar-refractivity contribution < 1.29 is 31.5 Å². The summed E-state index contributed by atoms with van der Waals surface area (Å²) >= 11 is 22.1. The molecular formula is C14H21BCl4N2O7S. The van der Waals surface area contributed by atoms with Crippen molar-refractivity contribution in [2.45, 2.75) is 29.0 Å². The lowest BCUT2D eigenvalue weighted by molar-refractivity contribution is -0.145. The minimum absolute atomic E-state index is 0.172. The third-order valence-electron chi connectivity index (χ3n) is 3.34. The van der Waals surface area contributed by atoms with Gasteiger partial charge in [-0.1, -0.05) is 47.0 Å². The van der Waals surface area contributed by atoms with Gasteiger partial charge in [0.25, 0.3) is 0 Å². The number of likely N-dealkylation sites (N-methyl/N-ethyl adjacent to an activating group) is 1. The molecule has 1 rings (SSSR count). The van der Waals surface area contributed by atoms with Crippen LogP contribution in [-0.2, 0) is 33.4 Å². The van der Waals surface area contributed by atoms with Crippen molar-refractivity contribution >= 4 is 75.8 Å². The van der Waals surface area contributed by atoms with Crippen LogP contribution in [0.5, 0.6) is 0 Å². The Morgan fingerprint density at radius 2 is 1.83 bits per heavy atom. The van der Waals surface area contributed by atoms with Crippen LogP contribution in [0.15, 0.2) is 12.2 Å². The zero-order chi connectivity index (χ0) is 22.1. The summed E-state index contributed by atoms with van der Waals surface area (Å²) in [5.74, 6) is -2.18. The van der Waals surface area contributed by atoms with E-state index < -0.39 is 45.7 Å². The molecule has 1 N–H and O–H groups in total. The van der Waals surface area contributed by atoms with Crippen LogP contribution in [-0.4, -0.2) is 74.7 Å². The molecule has 0 radical (unpaired) electrons. The van der Waals surface area contributed by atoms with Crippen molar-refractivity contribution in [3.05, 3.63) is 12.2 Å². The van der Waals surface area contributed by atoms with Crippen LogP contribution < -0.4 is 4.72 Å². The van der Waals surface area contributed by atoms with Crippen LogP contribution in [0, 0.1) is 0 Å². The molecule has 0 aliphatic carbocycles. The first-order valence-electron chi connectivity index (χ1n) is 8.45. The molecule has 1 aliphatic heterocycles. The van der Waals surface area contributed by atoms with Crippen LogP contribution in [0.3, 0.4) is 0 Å². The second-order valence-electron chi connectivity index (χ2n) is 6.11. The lowest BCUT2D eigenvalue weighted by Gasteiger charge is -2.26. The summed E-state index contributed by atoms with van der Waals surface area (Å²) in [6.07, 6.45) is 5.10. The molecule has 1 unspecified atom stereocenters. The van der Waals surface area contributed by atoms with Gasteiger partial charge in [0.2, 0.25) is 3.79 Å². The maximum Gasteiger partial charge on any atom is 0.622 e. The van der Waals surface area contributed by atoms with E-state index in [4.69, 9.17) is 55.7 Å². The van der Waals surface area contributed by atoms with Crippen LogP contribution >= 0.6 is 46.4 Å². The van der Waals surface area contributed by atoms with Crippen LogP contribution in [0.1, 0.15) is 19.3 Å². The van der Waals surface area contributed by atoms with Crippen LogP contribution in [0.4, 0.5) is 0 Å². The van der Waals surface area contributed by atoms with Crippen molar-refractivity contribution in [2.75, 3.05) is 32.6 Å². The second kappa shape index (κ2) is 12.6. The van der Waals surface area contributed by atoms with E-state index in [1.165, 1.54) is 18.0 Å². The van der Waals surface area contributed by atoms with Gasteiger partial charge in [0.05, 0.1) is 13.1 Å². The molecule has 1 saturated heterocycles. The van der Waals surface area contributed by atoms with Crippen LogP contribution in [0.2, 0.25) is 0 Å². The fourth-order valence-electron chi connectivity index (χ4n) is 2.13. The van der Waals surface area contributed by atoms with E-state index in [1.54, 1.807) is 6.08 Å². The van der Waals surface area contributed by atoms with E-state index in [0.29, 0.717) is 12.3 Å². The second-order valence-corrected chi connectivity index (χ2v) is 10.4. The largest absolute Gasteiger partial charge is 0.622 e. The lowest BCUT2D eigenvalue weighted by Crippen LogP contribution is -2.53. The number of hydrogen-bond donors (Lipinski definition) is 1. The van der Waals surface area contributed by atoms with Gasteiger partial charge in [0, 0.05) is 5.88 Å². The topological polar surface area (TPSA) is 111 Å². The number of allylic oxidation sites excluding steroid dienone is 1. The Kier molecular flexibility index (Phi) is 11.6. The monoisotopic (exact) mass is 512 g/mol. The quantitative estimate of drug-likeness (QED) is 0.203. The van der Waals surface area contributed by atoms with Crippen LogP contribution in [0.25, 0.3) is 0 Å². The first-order chi connectivity index (χ1) is 13.4. The maximum absolute atomic E-state index is 12.2. The predicted octanol–water partition coefficient (Wildman–Crippen LogP) is 1.60. The Morgan fingerprint density at radius 3 is 2.34 bits per heavy atom. The smallest absolute Gasteiger partial charge is 0.497 e. The number of unbranched alkanes of at least 4 members (excludes halogenated alkanes) is 2. The van der Waals surface area contributed by atoms with Crippen molar-refractivity contribution in [1.29, 1.82) is 0 Å². The molecule has 0 amide bonds. The van der Waals surface area contributed by atoms with Gasteiger partial charge in [-0.3, -0.25) is 18.7 Å². The first kappa shape index (κ1) is 26.8. The predicted molar refractivity (Wildman–Crippen MR) is 111 cm³/mol. The van der Waals surface area contributed by atoms with Gasteiger partial charge in [-0.25, -0.2) is 0 Å². The van der Waals surface area contributed by atoms with Gasteiger partial charge in [0.15, 0.2) is 0 Å². The fraction of sp³-hybridized carbons (Fsp3) is 0.714. The van der Waals surface area contributed by atoms with Crippen molar-refractivity contribution in [2.24, 2.45) is 0 Å². The number of nitrogens with one attached hydrogen (secondary N) is 1. The van der Waals surface area contributed by atoms with Gasteiger partial charge in [0.1, 0.15) is 12.5 Å². The van der Waals surface area contributed by atoms with Crippen molar-refractivity contribution in [3.8, 4) is 0 Å². The summed E-state index contributed by atoms with van der Waals surface area (Å²) in [6, 6.07) is 0. The van der Waals surface area contributed by atoms with Gasteiger partial charge < -0.3 is 9.31 Å². The lowest BCUT2D eigenvalue weighted by atomic mass is 9.78. The number of alkyl halides is 4. The molecule has 9 nitrogen and oxygen atoms in total. The summed E-state index contributed by atoms with van der Waals surface area (Å²) in [5, 5.41) is 0. The van der Waals surface area contributed by atoms with Crippen molar-refractivity contribution in [1.82, 2.24) is 9.62 Å². The number of hydrogen-bond acceptors (Lipinski definition) is 8. The van der Waals surface area contributed by atoms with Gasteiger partial charge in [-0.15, -0.1) is 11.6 Å². The maximum atomic E-state index is 12.2. The Morgan fingerprint density at radius 1 is 1.24 bits per heavy atom. The standard InChI is InChI=1S/C14H21BCl4N2O7S/c1-21-8-12(22)27-15(28-13(23)9-21)11(6-4-2-3-5-7-16)20-29(24,25)26-10-14(17,18)19/h4,6,11,20H,2-3,5,7-10H2,1H3/b6-4+. The van der Waals surface area contributed by atoms with E-state index in [9.17, 15) is 18.0 Å². The molecule has 0 aromatic heterocycles. The van der Waals surface area contributed by atoms with E-state index >= 15 is 0 Å². The first-order valence-corrected chi connectivity index (χ1v) is 11.5. The normalized spacial score (nSPS) is 18.3. The highest BCUT2D eigenvalue weighted by Crippen LogP contribution is 2.26. The number of carbonyl (C=O) groups is 2. The molecular weight excluding hydrogens is 493 g/mol. The number of rotatable bonds is 10.